The van der Waals surface area contributed by atoms with Gasteiger partial charge in [-0.15, -0.1) is 0 Å². The number of carbonyl (C=O) groups excluding carboxylic acids is 1. The third-order valence-electron chi connectivity index (χ3n) is 2.62. The van der Waals surface area contributed by atoms with E-state index in [4.69, 9.17) is 5.73 Å². The predicted octanol–water partition coefficient (Wildman–Crippen LogP) is -0.0454. The molecule has 1 heterocycles. The van der Waals surface area contributed by atoms with Gasteiger partial charge in [-0.3, -0.25) is 4.79 Å². The van der Waals surface area contributed by atoms with Crippen LogP contribution in [0.3, 0.4) is 0 Å². The maximum absolute atomic E-state index is 10.8. The lowest BCUT2D eigenvalue weighted by Gasteiger charge is -2.32. The van der Waals surface area contributed by atoms with Gasteiger partial charge in [-0.05, 0) is 32.2 Å². The van der Waals surface area contributed by atoms with Gasteiger partial charge in [-0.1, -0.05) is 0 Å². The van der Waals surface area contributed by atoms with Crippen LogP contribution in [0.25, 0.3) is 0 Å². The number of β-amino-alcohol motifs (C(OH)–C–C–N with tert-alkyl or cyclic N) is 1. The number of likely N-dealkylation sites (tertiary alicyclic amines) is 1. The molecule has 1 rings (SSSR count). The number of hydrogen-bond donors (Lipinski definition) is 2. The monoisotopic (exact) mass is 200 g/mol. The van der Waals surface area contributed by atoms with Crippen molar-refractivity contribution in [1.82, 2.24) is 4.90 Å². The van der Waals surface area contributed by atoms with Gasteiger partial charge in [0.2, 0.25) is 5.91 Å². The lowest BCUT2D eigenvalue weighted by atomic mass is 9.94. The van der Waals surface area contributed by atoms with E-state index in [2.05, 4.69) is 4.90 Å². The van der Waals surface area contributed by atoms with Crippen LogP contribution in [0, 0.1) is 5.92 Å². The van der Waals surface area contributed by atoms with Gasteiger partial charge < -0.3 is 15.7 Å². The summed E-state index contributed by atoms with van der Waals surface area (Å²) in [6, 6.07) is 0. The zero-order valence-corrected chi connectivity index (χ0v) is 8.78. The Kier molecular flexibility index (Phi) is 4.35. The van der Waals surface area contributed by atoms with Crippen LogP contribution in [-0.2, 0) is 4.79 Å². The molecule has 0 radical (unpaired) electrons. The summed E-state index contributed by atoms with van der Waals surface area (Å²) >= 11 is 0. The van der Waals surface area contributed by atoms with E-state index >= 15 is 0 Å². The van der Waals surface area contributed by atoms with Crippen LogP contribution in [0.2, 0.25) is 0 Å². The Morgan fingerprint density at radius 2 is 2.43 bits per heavy atom. The summed E-state index contributed by atoms with van der Waals surface area (Å²) in [5, 5.41) is 9.24. The number of amides is 1. The van der Waals surface area contributed by atoms with Gasteiger partial charge >= 0.3 is 0 Å². The summed E-state index contributed by atoms with van der Waals surface area (Å²) < 4.78 is 0. The highest BCUT2D eigenvalue weighted by molar-refractivity contribution is 5.74. The average Bonchev–Trinajstić information content (AvgIpc) is 2.01. The molecule has 3 N–H and O–H groups in total. The number of nitrogens with zero attached hydrogens (tertiary/aromatic N) is 1. The van der Waals surface area contributed by atoms with Crippen LogP contribution in [0.1, 0.15) is 26.2 Å². The van der Waals surface area contributed by atoms with Gasteiger partial charge in [0.15, 0.2) is 0 Å². The largest absolute Gasteiger partial charge is 0.392 e. The third kappa shape index (κ3) is 4.07. The molecule has 1 saturated heterocycles. The lowest BCUT2D eigenvalue weighted by Crippen LogP contribution is -2.40. The fourth-order valence-corrected chi connectivity index (χ4v) is 2.14. The van der Waals surface area contributed by atoms with Crippen LogP contribution >= 0.6 is 0 Å². The minimum atomic E-state index is -0.290. The van der Waals surface area contributed by atoms with Crippen molar-refractivity contribution in [3.05, 3.63) is 0 Å². The quantitative estimate of drug-likeness (QED) is 0.669. The zero-order chi connectivity index (χ0) is 10.6. The Balaban J connectivity index is 2.32. The number of hydrogen-bond acceptors (Lipinski definition) is 3. The van der Waals surface area contributed by atoms with Gasteiger partial charge in [-0.25, -0.2) is 0 Å². The highest BCUT2D eigenvalue weighted by Crippen LogP contribution is 2.19. The summed E-state index contributed by atoms with van der Waals surface area (Å²) in [6.45, 7) is 4.42. The van der Waals surface area contributed by atoms with Crippen molar-refractivity contribution in [1.29, 1.82) is 0 Å². The van der Waals surface area contributed by atoms with E-state index in [1.165, 1.54) is 0 Å². The maximum atomic E-state index is 10.8. The minimum absolute atomic E-state index is 0.214. The second kappa shape index (κ2) is 5.32. The molecule has 0 aromatic rings. The molecule has 1 aliphatic heterocycles. The minimum Gasteiger partial charge on any atom is -0.392 e. The van der Waals surface area contributed by atoms with Crippen molar-refractivity contribution in [2.45, 2.75) is 32.3 Å². The van der Waals surface area contributed by atoms with E-state index in [1.54, 1.807) is 6.92 Å². The van der Waals surface area contributed by atoms with E-state index in [0.29, 0.717) is 18.9 Å². The molecule has 14 heavy (non-hydrogen) atoms. The van der Waals surface area contributed by atoms with Crippen molar-refractivity contribution in [2.24, 2.45) is 11.7 Å². The van der Waals surface area contributed by atoms with Gasteiger partial charge in [0.25, 0.3) is 0 Å². The Labute approximate surface area is 85.1 Å². The molecule has 1 amide bonds. The fraction of sp³-hybridized carbons (Fsp3) is 0.900. The summed E-state index contributed by atoms with van der Waals surface area (Å²) in [5.74, 6) is 0.175. The second-order valence-electron chi connectivity index (χ2n) is 4.29. The first-order valence-corrected chi connectivity index (χ1v) is 5.26. The summed E-state index contributed by atoms with van der Waals surface area (Å²) in [7, 11) is 0. The van der Waals surface area contributed by atoms with E-state index < -0.39 is 0 Å². The molecular weight excluding hydrogens is 180 g/mol. The van der Waals surface area contributed by atoms with Crippen LogP contribution in [0.4, 0.5) is 0 Å². The van der Waals surface area contributed by atoms with E-state index in [0.717, 1.165) is 25.9 Å². The van der Waals surface area contributed by atoms with Crippen molar-refractivity contribution >= 4 is 5.91 Å². The molecule has 1 fully saturated rings. The molecular formula is C10H20N2O2. The molecule has 4 heteroatoms. The number of aliphatic hydroxyl groups excluding tert-OH is 1. The highest BCUT2D eigenvalue weighted by Gasteiger charge is 2.21. The lowest BCUT2D eigenvalue weighted by molar-refractivity contribution is -0.119. The van der Waals surface area contributed by atoms with Crippen molar-refractivity contribution in [3.8, 4) is 0 Å². The summed E-state index contributed by atoms with van der Waals surface area (Å²) in [5.41, 5.74) is 5.16. The van der Waals surface area contributed by atoms with Crippen molar-refractivity contribution < 1.29 is 9.90 Å². The molecule has 0 aromatic heterocycles. The standard InChI is InChI=1S/C10H20N2O2/c1-8(13)6-12-4-2-3-9(7-12)5-10(11)14/h8-9,13H,2-7H2,1H3,(H2,11,14)/t8-,9-/m1/s1. The number of aliphatic hydroxyl groups is 1. The molecule has 2 atom stereocenters. The first-order chi connectivity index (χ1) is 6.58. The third-order valence-corrected chi connectivity index (χ3v) is 2.62. The van der Waals surface area contributed by atoms with Crippen molar-refractivity contribution in [3.63, 3.8) is 0 Å². The Hall–Kier alpha value is -0.610. The number of carbonyl (C=O) groups is 1. The molecule has 4 nitrogen and oxygen atoms in total. The molecule has 0 spiro atoms. The van der Waals surface area contributed by atoms with Gasteiger partial charge in [0.1, 0.15) is 0 Å². The Bertz CT molecular complexity index is 195. The fourth-order valence-electron chi connectivity index (χ4n) is 2.14. The molecule has 0 aromatic carbocycles. The number of piperidine rings is 1. The van der Waals surface area contributed by atoms with Crippen LogP contribution in [-0.4, -0.2) is 41.7 Å². The first-order valence-electron chi connectivity index (χ1n) is 5.26. The molecule has 82 valence electrons. The second-order valence-corrected chi connectivity index (χ2v) is 4.29. The van der Waals surface area contributed by atoms with E-state index in [9.17, 15) is 9.90 Å². The normalized spacial score (nSPS) is 26.0. The van der Waals surface area contributed by atoms with Crippen LogP contribution in [0.5, 0.6) is 0 Å². The topological polar surface area (TPSA) is 66.6 Å². The van der Waals surface area contributed by atoms with E-state index in [-0.39, 0.29) is 12.0 Å². The van der Waals surface area contributed by atoms with Crippen LogP contribution in [0.15, 0.2) is 0 Å². The highest BCUT2D eigenvalue weighted by atomic mass is 16.3. The van der Waals surface area contributed by atoms with Crippen molar-refractivity contribution in [2.75, 3.05) is 19.6 Å². The number of rotatable bonds is 4. The maximum Gasteiger partial charge on any atom is 0.217 e. The predicted molar refractivity (Wildman–Crippen MR) is 54.7 cm³/mol. The molecule has 0 saturated carbocycles. The molecule has 0 unspecified atom stereocenters. The summed E-state index contributed by atoms with van der Waals surface area (Å²) in [6.07, 6.45) is 2.38. The van der Waals surface area contributed by atoms with Gasteiger partial charge in [-0.2, -0.15) is 0 Å². The summed E-state index contributed by atoms with van der Waals surface area (Å²) in [4.78, 5) is 13.0. The molecule has 0 aliphatic carbocycles. The Morgan fingerprint density at radius 1 is 1.71 bits per heavy atom. The van der Waals surface area contributed by atoms with Crippen LogP contribution < -0.4 is 5.73 Å². The van der Waals surface area contributed by atoms with Gasteiger partial charge in [0.05, 0.1) is 6.10 Å². The zero-order valence-electron chi connectivity index (χ0n) is 8.78. The van der Waals surface area contributed by atoms with E-state index in [1.807, 2.05) is 0 Å². The first kappa shape index (κ1) is 11.5. The smallest absolute Gasteiger partial charge is 0.217 e. The Morgan fingerprint density at radius 3 is 3.00 bits per heavy atom. The molecule has 1 aliphatic rings. The molecule has 0 bridgehead atoms. The van der Waals surface area contributed by atoms with Gasteiger partial charge in [0, 0.05) is 19.5 Å². The number of primary amides is 1. The average molecular weight is 200 g/mol. The number of nitrogens with two attached hydrogens (primary N) is 1. The SMILES string of the molecule is C[C@@H](O)CN1CCC[C@H](CC(N)=O)C1.